The van der Waals surface area contributed by atoms with E-state index in [9.17, 15) is 13.2 Å². The van der Waals surface area contributed by atoms with Crippen molar-refractivity contribution in [2.24, 2.45) is 0 Å². The number of hydrogen-bond acceptors (Lipinski definition) is 5. The predicted molar refractivity (Wildman–Crippen MR) is 108 cm³/mol. The molecule has 1 atom stereocenters. The van der Waals surface area contributed by atoms with Crippen molar-refractivity contribution in [1.29, 1.82) is 0 Å². The molecule has 5 rings (SSSR count). The summed E-state index contributed by atoms with van der Waals surface area (Å²) in [7, 11) is -3.66. The lowest BCUT2D eigenvalue weighted by Gasteiger charge is -2.09. The molecular weight excluding hydrogens is 392 g/mol. The van der Waals surface area contributed by atoms with Crippen molar-refractivity contribution in [3.05, 3.63) is 83.4 Å². The van der Waals surface area contributed by atoms with Crippen molar-refractivity contribution in [2.45, 2.75) is 15.7 Å². The maximum Gasteiger partial charge on any atom is 0.238 e. The number of thiazole rings is 1. The number of rotatable bonds is 3. The fraction of sp³-hybridized carbons (Fsp3) is 0.0476. The third-order valence-electron chi connectivity index (χ3n) is 4.78. The molecule has 1 aliphatic heterocycles. The summed E-state index contributed by atoms with van der Waals surface area (Å²) in [5.41, 5.74) is 2.10. The van der Waals surface area contributed by atoms with Crippen LogP contribution in [0.3, 0.4) is 0 Å². The highest BCUT2D eigenvalue weighted by Crippen LogP contribution is 2.41. The van der Waals surface area contributed by atoms with Crippen LogP contribution in [0.5, 0.6) is 0 Å². The molecule has 0 bridgehead atoms. The molecule has 7 heteroatoms. The molecule has 1 aliphatic rings. The molecule has 3 aromatic carbocycles. The van der Waals surface area contributed by atoms with E-state index in [2.05, 4.69) is 10.3 Å². The number of aromatic nitrogens is 1. The van der Waals surface area contributed by atoms with Gasteiger partial charge in [0.2, 0.25) is 15.7 Å². The van der Waals surface area contributed by atoms with E-state index in [1.54, 1.807) is 42.5 Å². The molecule has 4 aromatic rings. The van der Waals surface area contributed by atoms with E-state index in [0.717, 1.165) is 10.2 Å². The van der Waals surface area contributed by atoms with E-state index in [1.807, 2.05) is 24.3 Å². The van der Waals surface area contributed by atoms with Gasteiger partial charge in [-0.15, -0.1) is 11.3 Å². The zero-order valence-electron chi connectivity index (χ0n) is 14.5. The number of anilines is 1. The molecule has 0 fully saturated rings. The Morgan fingerprint density at radius 3 is 2.43 bits per heavy atom. The second-order valence-corrected chi connectivity index (χ2v) is 9.52. The number of fused-ring (bicyclic) bond motifs is 2. The number of sulfone groups is 1. The Labute approximate surface area is 165 Å². The molecule has 0 aliphatic carbocycles. The number of para-hydroxylation sites is 1. The highest BCUT2D eigenvalue weighted by Gasteiger charge is 2.35. The minimum Gasteiger partial charge on any atom is -0.325 e. The number of nitrogens with one attached hydrogen (secondary N) is 1. The third kappa shape index (κ3) is 2.63. The van der Waals surface area contributed by atoms with Crippen molar-refractivity contribution in [1.82, 2.24) is 4.98 Å². The fourth-order valence-electron chi connectivity index (χ4n) is 3.40. The summed E-state index contributed by atoms with van der Waals surface area (Å²) in [5.74, 6) is -0.804. The van der Waals surface area contributed by atoms with Crippen molar-refractivity contribution in [3.8, 4) is 0 Å². The van der Waals surface area contributed by atoms with Crippen LogP contribution >= 0.6 is 11.3 Å². The van der Waals surface area contributed by atoms with Crippen LogP contribution in [0.15, 0.2) is 82.6 Å². The summed E-state index contributed by atoms with van der Waals surface area (Å²) in [6, 6.07) is 20.7. The first-order chi connectivity index (χ1) is 13.5. The predicted octanol–water partition coefficient (Wildman–Crippen LogP) is 4.21. The number of hydrogen-bond donors (Lipinski definition) is 1. The van der Waals surface area contributed by atoms with E-state index in [0.29, 0.717) is 16.3 Å². The molecule has 2 heterocycles. The largest absolute Gasteiger partial charge is 0.325 e. The summed E-state index contributed by atoms with van der Waals surface area (Å²) in [4.78, 5) is 17.6. The summed E-state index contributed by atoms with van der Waals surface area (Å²) >= 11 is 1.45. The first-order valence-corrected chi connectivity index (χ1v) is 10.9. The zero-order chi connectivity index (χ0) is 19.3. The van der Waals surface area contributed by atoms with E-state index in [4.69, 9.17) is 0 Å². The lowest BCUT2D eigenvalue weighted by atomic mass is 10.0. The molecule has 0 spiro atoms. The zero-order valence-corrected chi connectivity index (χ0v) is 16.1. The van der Waals surface area contributed by atoms with Gasteiger partial charge in [0, 0.05) is 5.69 Å². The summed E-state index contributed by atoms with van der Waals surface area (Å²) in [6.45, 7) is 0. The molecule has 1 unspecified atom stereocenters. The van der Waals surface area contributed by atoms with Gasteiger partial charge in [-0.1, -0.05) is 30.3 Å². The van der Waals surface area contributed by atoms with Gasteiger partial charge in [0.15, 0.2) is 0 Å². The molecule has 138 valence electrons. The van der Waals surface area contributed by atoms with E-state index in [1.165, 1.54) is 17.4 Å². The van der Waals surface area contributed by atoms with Crippen LogP contribution in [-0.4, -0.2) is 19.3 Å². The Bertz CT molecular complexity index is 1300. The second-order valence-electron chi connectivity index (χ2n) is 6.51. The topological polar surface area (TPSA) is 76.1 Å². The minimum absolute atomic E-state index is 0.167. The number of amides is 1. The number of carbonyl (C=O) groups excluding carboxylic acids is 1. The molecule has 0 saturated heterocycles. The van der Waals surface area contributed by atoms with Crippen LogP contribution in [0, 0.1) is 0 Å². The SMILES string of the molecule is O=C1Nc2ccc(S(=O)(=O)c3ccccc3)cc2C1c1nc2ccccc2s1. The smallest absolute Gasteiger partial charge is 0.238 e. The molecular formula is C21H14N2O3S2. The second kappa shape index (κ2) is 6.25. The van der Waals surface area contributed by atoms with Gasteiger partial charge in [0.1, 0.15) is 10.9 Å². The van der Waals surface area contributed by atoms with Gasteiger partial charge in [-0.05, 0) is 48.0 Å². The fourth-order valence-corrected chi connectivity index (χ4v) is 5.80. The van der Waals surface area contributed by atoms with Crippen LogP contribution in [0.25, 0.3) is 10.2 Å². The molecule has 5 nitrogen and oxygen atoms in total. The normalized spacial score (nSPS) is 16.1. The van der Waals surface area contributed by atoms with Crippen LogP contribution in [0.2, 0.25) is 0 Å². The Kier molecular flexibility index (Phi) is 3.82. The average molecular weight is 406 g/mol. The minimum atomic E-state index is -3.66. The van der Waals surface area contributed by atoms with E-state index < -0.39 is 15.8 Å². The first kappa shape index (κ1) is 17.1. The molecule has 1 N–H and O–H groups in total. The Morgan fingerprint density at radius 1 is 0.893 bits per heavy atom. The van der Waals surface area contributed by atoms with Crippen LogP contribution in [0.1, 0.15) is 16.5 Å². The number of carbonyl (C=O) groups is 1. The Balaban J connectivity index is 1.64. The number of benzene rings is 3. The highest BCUT2D eigenvalue weighted by atomic mass is 32.2. The van der Waals surface area contributed by atoms with Crippen molar-refractivity contribution >= 4 is 43.0 Å². The Hall–Kier alpha value is -3.03. The van der Waals surface area contributed by atoms with Crippen LogP contribution < -0.4 is 5.32 Å². The van der Waals surface area contributed by atoms with Gasteiger partial charge in [-0.25, -0.2) is 13.4 Å². The summed E-state index contributed by atoms with van der Waals surface area (Å²) < 4.78 is 27.0. The van der Waals surface area contributed by atoms with Crippen molar-refractivity contribution in [2.75, 3.05) is 5.32 Å². The van der Waals surface area contributed by atoms with E-state index in [-0.39, 0.29) is 15.7 Å². The quantitative estimate of drug-likeness (QED) is 0.553. The molecule has 0 radical (unpaired) electrons. The lowest BCUT2D eigenvalue weighted by molar-refractivity contribution is -0.116. The number of nitrogens with zero attached hydrogens (tertiary/aromatic N) is 1. The first-order valence-electron chi connectivity index (χ1n) is 8.64. The van der Waals surface area contributed by atoms with Crippen molar-refractivity contribution < 1.29 is 13.2 Å². The maximum absolute atomic E-state index is 13.0. The lowest BCUT2D eigenvalue weighted by Crippen LogP contribution is -2.13. The average Bonchev–Trinajstić information content (AvgIpc) is 3.27. The monoisotopic (exact) mass is 406 g/mol. The standard InChI is InChI=1S/C21H14N2O3S2/c24-20-19(21-23-17-8-4-5-9-18(17)27-21)15-12-14(10-11-16(15)22-20)28(25,26)13-6-2-1-3-7-13/h1-12,19H,(H,22,24). The van der Waals surface area contributed by atoms with Gasteiger partial charge in [0.05, 0.1) is 20.0 Å². The summed E-state index contributed by atoms with van der Waals surface area (Å²) in [6.07, 6.45) is 0. The molecule has 1 aromatic heterocycles. The highest BCUT2D eigenvalue weighted by molar-refractivity contribution is 7.91. The Morgan fingerprint density at radius 2 is 1.64 bits per heavy atom. The van der Waals surface area contributed by atoms with Crippen LogP contribution in [-0.2, 0) is 14.6 Å². The van der Waals surface area contributed by atoms with Gasteiger partial charge in [0.25, 0.3) is 0 Å². The van der Waals surface area contributed by atoms with Gasteiger partial charge in [-0.3, -0.25) is 4.79 Å². The molecule has 28 heavy (non-hydrogen) atoms. The van der Waals surface area contributed by atoms with Gasteiger partial charge < -0.3 is 5.32 Å². The molecule has 0 saturated carbocycles. The molecule has 1 amide bonds. The summed E-state index contributed by atoms with van der Waals surface area (Å²) in [5, 5.41) is 3.50. The van der Waals surface area contributed by atoms with E-state index >= 15 is 0 Å². The van der Waals surface area contributed by atoms with Gasteiger partial charge >= 0.3 is 0 Å². The third-order valence-corrected chi connectivity index (χ3v) is 7.64. The van der Waals surface area contributed by atoms with Crippen LogP contribution in [0.4, 0.5) is 5.69 Å². The maximum atomic E-state index is 13.0. The van der Waals surface area contributed by atoms with Crippen molar-refractivity contribution in [3.63, 3.8) is 0 Å². The van der Waals surface area contributed by atoms with Gasteiger partial charge in [-0.2, -0.15) is 0 Å².